The maximum absolute atomic E-state index is 5.09. The first-order valence-corrected chi connectivity index (χ1v) is 5.45. The molecule has 4 heteroatoms. The molecule has 0 aromatic carbocycles. The summed E-state index contributed by atoms with van der Waals surface area (Å²) in [5.41, 5.74) is 0. The number of hydrogen-bond donors (Lipinski definition) is 0. The Kier molecular flexibility index (Phi) is 3.04. The van der Waals surface area contributed by atoms with Crippen molar-refractivity contribution in [3.05, 3.63) is 12.3 Å². The summed E-state index contributed by atoms with van der Waals surface area (Å²) in [5, 5.41) is 0. The molecule has 2 heterocycles. The molecule has 0 N–H and O–H groups in total. The fraction of sp³-hybridized carbons (Fsp3) is 0.636. The third-order valence-corrected chi connectivity index (χ3v) is 2.97. The molecule has 2 rings (SSSR count). The van der Waals surface area contributed by atoms with Gasteiger partial charge in [-0.3, -0.25) is 0 Å². The van der Waals surface area contributed by atoms with Gasteiger partial charge in [-0.2, -0.15) is 4.98 Å². The molecule has 1 aromatic heterocycles. The van der Waals surface area contributed by atoms with Gasteiger partial charge in [0.25, 0.3) is 0 Å². The third-order valence-electron chi connectivity index (χ3n) is 2.97. The molecule has 0 aliphatic carbocycles. The lowest BCUT2D eigenvalue weighted by molar-refractivity contribution is 0.397. The van der Waals surface area contributed by atoms with Crippen LogP contribution >= 0.6 is 0 Å². The van der Waals surface area contributed by atoms with Gasteiger partial charge >= 0.3 is 0 Å². The van der Waals surface area contributed by atoms with E-state index in [9.17, 15) is 0 Å². The summed E-state index contributed by atoms with van der Waals surface area (Å²) in [7, 11) is 1.63. The maximum Gasteiger partial charge on any atom is 0.228 e. The fourth-order valence-corrected chi connectivity index (χ4v) is 1.95. The Hall–Kier alpha value is -1.32. The van der Waals surface area contributed by atoms with Crippen LogP contribution in [0.3, 0.4) is 0 Å². The van der Waals surface area contributed by atoms with E-state index >= 15 is 0 Å². The van der Waals surface area contributed by atoms with Gasteiger partial charge < -0.3 is 9.64 Å². The lowest BCUT2D eigenvalue weighted by Crippen LogP contribution is -2.21. The lowest BCUT2D eigenvalue weighted by Gasteiger charge is -2.15. The summed E-state index contributed by atoms with van der Waals surface area (Å²) in [6, 6.07) is 1.77. The van der Waals surface area contributed by atoms with Gasteiger partial charge in [0.05, 0.1) is 7.11 Å². The summed E-state index contributed by atoms with van der Waals surface area (Å²) in [5.74, 6) is 2.23. The summed E-state index contributed by atoms with van der Waals surface area (Å²) >= 11 is 0. The van der Waals surface area contributed by atoms with Crippen LogP contribution in [-0.4, -0.2) is 30.2 Å². The van der Waals surface area contributed by atoms with E-state index in [2.05, 4.69) is 21.8 Å². The molecule has 0 amide bonds. The molecule has 1 aliphatic heterocycles. The Morgan fingerprint density at radius 2 is 2.47 bits per heavy atom. The number of ether oxygens (including phenoxy) is 1. The minimum Gasteiger partial charge on any atom is -0.481 e. The number of aromatic nitrogens is 2. The van der Waals surface area contributed by atoms with Gasteiger partial charge in [0, 0.05) is 25.4 Å². The average Bonchev–Trinajstić information content (AvgIpc) is 2.78. The van der Waals surface area contributed by atoms with Gasteiger partial charge in [-0.15, -0.1) is 0 Å². The largest absolute Gasteiger partial charge is 0.481 e. The Bertz CT molecular complexity index is 329. The first-order chi connectivity index (χ1) is 7.33. The Morgan fingerprint density at radius 3 is 3.13 bits per heavy atom. The molecule has 0 radical (unpaired) electrons. The SMILES string of the molecule is CCC1CCN(c2nccc(OC)n2)C1. The molecular formula is C11H17N3O. The highest BCUT2D eigenvalue weighted by Crippen LogP contribution is 2.23. The Balaban J connectivity index is 2.09. The molecule has 1 aromatic rings. The van der Waals surface area contributed by atoms with E-state index < -0.39 is 0 Å². The lowest BCUT2D eigenvalue weighted by atomic mass is 10.1. The van der Waals surface area contributed by atoms with Crippen molar-refractivity contribution in [1.29, 1.82) is 0 Å². The summed E-state index contributed by atoms with van der Waals surface area (Å²) in [6.07, 6.45) is 4.23. The van der Waals surface area contributed by atoms with Crippen LogP contribution in [0.15, 0.2) is 12.3 Å². The molecule has 1 unspecified atom stereocenters. The zero-order valence-electron chi connectivity index (χ0n) is 9.31. The van der Waals surface area contributed by atoms with Crippen molar-refractivity contribution in [2.24, 2.45) is 5.92 Å². The predicted molar refractivity (Wildman–Crippen MR) is 59.2 cm³/mol. The third kappa shape index (κ3) is 2.19. The second-order valence-electron chi connectivity index (χ2n) is 3.91. The molecule has 1 atom stereocenters. The van der Waals surface area contributed by atoms with E-state index in [4.69, 9.17) is 4.74 Å². The van der Waals surface area contributed by atoms with Crippen molar-refractivity contribution in [3.8, 4) is 5.88 Å². The zero-order chi connectivity index (χ0) is 10.7. The molecule has 0 bridgehead atoms. The van der Waals surface area contributed by atoms with Gasteiger partial charge in [0.15, 0.2) is 0 Å². The first kappa shape index (κ1) is 10.2. The van der Waals surface area contributed by atoms with Crippen molar-refractivity contribution in [1.82, 2.24) is 9.97 Å². The van der Waals surface area contributed by atoms with Crippen molar-refractivity contribution < 1.29 is 4.74 Å². The highest BCUT2D eigenvalue weighted by molar-refractivity contribution is 5.33. The van der Waals surface area contributed by atoms with Gasteiger partial charge in [0.2, 0.25) is 11.8 Å². The van der Waals surface area contributed by atoms with Crippen molar-refractivity contribution in [3.63, 3.8) is 0 Å². The Labute approximate surface area is 90.3 Å². The van der Waals surface area contributed by atoms with Crippen LogP contribution in [0.1, 0.15) is 19.8 Å². The van der Waals surface area contributed by atoms with Crippen LogP contribution in [0.2, 0.25) is 0 Å². The van der Waals surface area contributed by atoms with E-state index in [-0.39, 0.29) is 0 Å². The number of nitrogens with zero attached hydrogens (tertiary/aromatic N) is 3. The molecular weight excluding hydrogens is 190 g/mol. The highest BCUT2D eigenvalue weighted by Gasteiger charge is 2.22. The van der Waals surface area contributed by atoms with Crippen molar-refractivity contribution >= 4 is 5.95 Å². The van der Waals surface area contributed by atoms with E-state index in [1.807, 2.05) is 0 Å². The van der Waals surface area contributed by atoms with Crippen LogP contribution in [0.5, 0.6) is 5.88 Å². The highest BCUT2D eigenvalue weighted by atomic mass is 16.5. The first-order valence-electron chi connectivity index (χ1n) is 5.45. The van der Waals surface area contributed by atoms with Crippen LogP contribution in [0.25, 0.3) is 0 Å². The zero-order valence-corrected chi connectivity index (χ0v) is 9.31. The number of hydrogen-bond acceptors (Lipinski definition) is 4. The number of anilines is 1. The molecule has 0 spiro atoms. The molecule has 82 valence electrons. The van der Waals surface area contributed by atoms with Crippen LogP contribution in [-0.2, 0) is 0 Å². The standard InChI is InChI=1S/C11H17N3O/c1-3-9-5-7-14(8-9)11-12-6-4-10(13-11)15-2/h4,6,9H,3,5,7-8H2,1-2H3. The van der Waals surface area contributed by atoms with Crippen LogP contribution < -0.4 is 9.64 Å². The minimum atomic E-state index is 0.639. The van der Waals surface area contributed by atoms with E-state index in [0.717, 1.165) is 25.0 Å². The van der Waals surface area contributed by atoms with E-state index in [1.54, 1.807) is 19.4 Å². The van der Waals surface area contributed by atoms with E-state index in [1.165, 1.54) is 12.8 Å². The number of rotatable bonds is 3. The van der Waals surface area contributed by atoms with Crippen molar-refractivity contribution in [2.75, 3.05) is 25.1 Å². The maximum atomic E-state index is 5.09. The van der Waals surface area contributed by atoms with Gasteiger partial charge in [-0.05, 0) is 12.3 Å². The fourth-order valence-electron chi connectivity index (χ4n) is 1.95. The van der Waals surface area contributed by atoms with Crippen LogP contribution in [0.4, 0.5) is 5.95 Å². The minimum absolute atomic E-state index is 0.639. The Morgan fingerprint density at radius 1 is 1.60 bits per heavy atom. The van der Waals surface area contributed by atoms with Gasteiger partial charge in [-0.1, -0.05) is 13.3 Å². The molecule has 1 aliphatic rings. The smallest absolute Gasteiger partial charge is 0.228 e. The van der Waals surface area contributed by atoms with E-state index in [0.29, 0.717) is 5.88 Å². The van der Waals surface area contributed by atoms with Gasteiger partial charge in [0.1, 0.15) is 0 Å². The van der Waals surface area contributed by atoms with Gasteiger partial charge in [-0.25, -0.2) is 4.98 Å². The predicted octanol–water partition coefficient (Wildman–Crippen LogP) is 1.72. The number of methoxy groups -OCH3 is 1. The topological polar surface area (TPSA) is 38.2 Å². The second-order valence-corrected chi connectivity index (χ2v) is 3.91. The molecule has 0 saturated carbocycles. The molecule has 1 saturated heterocycles. The van der Waals surface area contributed by atoms with Crippen molar-refractivity contribution in [2.45, 2.75) is 19.8 Å². The monoisotopic (exact) mass is 207 g/mol. The van der Waals surface area contributed by atoms with Crippen LogP contribution in [0, 0.1) is 5.92 Å². The molecule has 15 heavy (non-hydrogen) atoms. The summed E-state index contributed by atoms with van der Waals surface area (Å²) in [6.45, 7) is 4.37. The normalized spacial score (nSPS) is 20.7. The summed E-state index contributed by atoms with van der Waals surface area (Å²) in [4.78, 5) is 10.8. The second kappa shape index (κ2) is 4.47. The molecule has 1 fully saturated rings. The summed E-state index contributed by atoms with van der Waals surface area (Å²) < 4.78 is 5.09. The molecule has 4 nitrogen and oxygen atoms in total. The quantitative estimate of drug-likeness (QED) is 0.756. The average molecular weight is 207 g/mol.